The maximum atomic E-state index is 3.64. The van der Waals surface area contributed by atoms with Crippen LogP contribution in [0.15, 0.2) is 0 Å². The van der Waals surface area contributed by atoms with Gasteiger partial charge in [-0.25, -0.2) is 0 Å². The van der Waals surface area contributed by atoms with E-state index in [9.17, 15) is 0 Å². The standard InChI is InChI=1S/C10H20N2/c1-8(9-2-3-9)6-12-10-4-5-11-7-10/h8-12H,2-7H2,1H3. The molecule has 0 aromatic rings. The van der Waals surface area contributed by atoms with Gasteiger partial charge in [0.05, 0.1) is 0 Å². The minimum Gasteiger partial charge on any atom is -0.315 e. The molecule has 1 aliphatic carbocycles. The molecule has 2 aliphatic rings. The van der Waals surface area contributed by atoms with Gasteiger partial charge in [0.2, 0.25) is 0 Å². The van der Waals surface area contributed by atoms with Crippen LogP contribution in [0.1, 0.15) is 26.2 Å². The lowest BCUT2D eigenvalue weighted by Gasteiger charge is -2.15. The zero-order valence-electron chi connectivity index (χ0n) is 7.97. The molecule has 1 aliphatic heterocycles. The van der Waals surface area contributed by atoms with Gasteiger partial charge in [0.1, 0.15) is 0 Å². The van der Waals surface area contributed by atoms with Crippen molar-refractivity contribution in [2.75, 3.05) is 19.6 Å². The zero-order chi connectivity index (χ0) is 8.39. The molecule has 2 fully saturated rings. The fourth-order valence-electron chi connectivity index (χ4n) is 2.01. The van der Waals surface area contributed by atoms with Crippen LogP contribution in [-0.2, 0) is 0 Å². The van der Waals surface area contributed by atoms with Crippen LogP contribution in [0.3, 0.4) is 0 Å². The van der Waals surface area contributed by atoms with Crippen LogP contribution in [0.2, 0.25) is 0 Å². The largest absolute Gasteiger partial charge is 0.315 e. The van der Waals surface area contributed by atoms with Gasteiger partial charge in [-0.3, -0.25) is 0 Å². The molecule has 1 heterocycles. The molecule has 1 saturated carbocycles. The number of hydrogen-bond donors (Lipinski definition) is 2. The minimum atomic E-state index is 0.756. The second kappa shape index (κ2) is 3.75. The summed E-state index contributed by atoms with van der Waals surface area (Å²) in [5.41, 5.74) is 0. The van der Waals surface area contributed by atoms with Crippen LogP contribution in [-0.4, -0.2) is 25.7 Å². The molecule has 0 spiro atoms. The van der Waals surface area contributed by atoms with Crippen LogP contribution < -0.4 is 10.6 Å². The molecule has 12 heavy (non-hydrogen) atoms. The summed E-state index contributed by atoms with van der Waals surface area (Å²) in [5.74, 6) is 1.96. The van der Waals surface area contributed by atoms with Crippen molar-refractivity contribution in [2.24, 2.45) is 11.8 Å². The fraction of sp³-hybridized carbons (Fsp3) is 1.00. The number of hydrogen-bond acceptors (Lipinski definition) is 2. The Balaban J connectivity index is 1.60. The normalized spacial score (nSPS) is 32.2. The van der Waals surface area contributed by atoms with Crippen molar-refractivity contribution in [3.63, 3.8) is 0 Å². The highest BCUT2D eigenvalue weighted by Gasteiger charge is 2.28. The van der Waals surface area contributed by atoms with Crippen molar-refractivity contribution in [1.82, 2.24) is 10.6 Å². The third-order valence-corrected chi connectivity index (χ3v) is 3.22. The van der Waals surface area contributed by atoms with Crippen LogP contribution >= 0.6 is 0 Å². The van der Waals surface area contributed by atoms with Gasteiger partial charge in [0, 0.05) is 12.6 Å². The average molecular weight is 168 g/mol. The molecule has 0 aromatic heterocycles. The van der Waals surface area contributed by atoms with Crippen LogP contribution in [0, 0.1) is 11.8 Å². The molecule has 1 saturated heterocycles. The smallest absolute Gasteiger partial charge is 0.0204 e. The van der Waals surface area contributed by atoms with E-state index in [4.69, 9.17) is 0 Å². The second-order valence-corrected chi connectivity index (χ2v) is 4.41. The highest BCUT2D eigenvalue weighted by atomic mass is 15.0. The Morgan fingerprint density at radius 1 is 1.42 bits per heavy atom. The van der Waals surface area contributed by atoms with E-state index in [0.29, 0.717) is 0 Å². The third-order valence-electron chi connectivity index (χ3n) is 3.22. The lowest BCUT2D eigenvalue weighted by Crippen LogP contribution is -2.34. The molecule has 2 N–H and O–H groups in total. The van der Waals surface area contributed by atoms with Gasteiger partial charge in [0.25, 0.3) is 0 Å². The topological polar surface area (TPSA) is 24.1 Å². The van der Waals surface area contributed by atoms with E-state index in [0.717, 1.165) is 17.9 Å². The second-order valence-electron chi connectivity index (χ2n) is 4.41. The van der Waals surface area contributed by atoms with E-state index >= 15 is 0 Å². The van der Waals surface area contributed by atoms with Crippen LogP contribution in [0.4, 0.5) is 0 Å². The summed E-state index contributed by atoms with van der Waals surface area (Å²) in [5, 5.41) is 7.02. The van der Waals surface area contributed by atoms with Crippen molar-refractivity contribution in [1.29, 1.82) is 0 Å². The molecule has 2 nitrogen and oxygen atoms in total. The molecular weight excluding hydrogens is 148 g/mol. The summed E-state index contributed by atoms with van der Waals surface area (Å²) in [4.78, 5) is 0. The average Bonchev–Trinajstić information content (AvgIpc) is 2.80. The Hall–Kier alpha value is -0.0800. The first-order valence-electron chi connectivity index (χ1n) is 5.30. The van der Waals surface area contributed by atoms with E-state index in [2.05, 4.69) is 17.6 Å². The maximum absolute atomic E-state index is 3.64. The molecule has 2 heteroatoms. The summed E-state index contributed by atoms with van der Waals surface area (Å²) in [7, 11) is 0. The Labute approximate surface area is 75.1 Å². The minimum absolute atomic E-state index is 0.756. The van der Waals surface area contributed by atoms with Gasteiger partial charge in [-0.2, -0.15) is 0 Å². The predicted octanol–water partition coefficient (Wildman–Crippen LogP) is 0.984. The van der Waals surface area contributed by atoms with Crippen LogP contribution in [0.25, 0.3) is 0 Å². The predicted molar refractivity (Wildman–Crippen MR) is 51.2 cm³/mol. The Morgan fingerprint density at radius 2 is 2.25 bits per heavy atom. The molecule has 2 rings (SSSR count). The Morgan fingerprint density at radius 3 is 2.83 bits per heavy atom. The Kier molecular flexibility index (Phi) is 2.66. The summed E-state index contributed by atoms with van der Waals surface area (Å²) < 4.78 is 0. The third kappa shape index (κ3) is 2.20. The summed E-state index contributed by atoms with van der Waals surface area (Å²) in [6.45, 7) is 6.00. The van der Waals surface area contributed by atoms with Gasteiger partial charge in [-0.05, 0) is 44.2 Å². The fourth-order valence-corrected chi connectivity index (χ4v) is 2.01. The maximum Gasteiger partial charge on any atom is 0.0204 e. The van der Waals surface area contributed by atoms with E-state index in [-0.39, 0.29) is 0 Å². The molecule has 2 unspecified atom stereocenters. The molecule has 2 atom stereocenters. The lowest BCUT2D eigenvalue weighted by molar-refractivity contribution is 0.425. The summed E-state index contributed by atoms with van der Waals surface area (Å²) in [6.07, 6.45) is 4.27. The van der Waals surface area contributed by atoms with Gasteiger partial charge >= 0.3 is 0 Å². The van der Waals surface area contributed by atoms with Crippen molar-refractivity contribution >= 4 is 0 Å². The van der Waals surface area contributed by atoms with Crippen molar-refractivity contribution in [3.8, 4) is 0 Å². The molecule has 70 valence electrons. The first-order chi connectivity index (χ1) is 5.86. The highest BCUT2D eigenvalue weighted by molar-refractivity contribution is 4.83. The van der Waals surface area contributed by atoms with E-state index in [1.165, 1.54) is 38.9 Å². The molecule has 0 amide bonds. The van der Waals surface area contributed by atoms with Gasteiger partial charge in [-0.15, -0.1) is 0 Å². The first-order valence-corrected chi connectivity index (χ1v) is 5.30. The molecule has 0 radical (unpaired) electrons. The lowest BCUT2D eigenvalue weighted by atomic mass is 10.1. The van der Waals surface area contributed by atoms with Crippen LogP contribution in [0.5, 0.6) is 0 Å². The van der Waals surface area contributed by atoms with Crippen molar-refractivity contribution < 1.29 is 0 Å². The SMILES string of the molecule is CC(CNC1CCNC1)C1CC1. The molecular formula is C10H20N2. The van der Waals surface area contributed by atoms with Gasteiger partial charge in [-0.1, -0.05) is 6.92 Å². The highest BCUT2D eigenvalue weighted by Crippen LogP contribution is 2.36. The number of rotatable bonds is 4. The van der Waals surface area contributed by atoms with E-state index in [1.54, 1.807) is 0 Å². The van der Waals surface area contributed by atoms with Gasteiger partial charge in [0.15, 0.2) is 0 Å². The van der Waals surface area contributed by atoms with Crippen molar-refractivity contribution in [2.45, 2.75) is 32.2 Å². The molecule has 0 aromatic carbocycles. The van der Waals surface area contributed by atoms with E-state index in [1.807, 2.05) is 0 Å². The first kappa shape index (κ1) is 8.52. The van der Waals surface area contributed by atoms with Crippen molar-refractivity contribution in [3.05, 3.63) is 0 Å². The summed E-state index contributed by atoms with van der Waals surface area (Å²) in [6, 6.07) is 0.756. The zero-order valence-corrected chi connectivity index (χ0v) is 7.97. The quantitative estimate of drug-likeness (QED) is 0.654. The monoisotopic (exact) mass is 168 g/mol. The number of nitrogens with one attached hydrogen (secondary N) is 2. The molecule has 0 bridgehead atoms. The van der Waals surface area contributed by atoms with E-state index < -0.39 is 0 Å². The van der Waals surface area contributed by atoms with Gasteiger partial charge < -0.3 is 10.6 Å². The Bertz CT molecular complexity index is 135. The summed E-state index contributed by atoms with van der Waals surface area (Å²) >= 11 is 0.